The first-order valence-electron chi connectivity index (χ1n) is 4.92. The van der Waals surface area contributed by atoms with Crippen molar-refractivity contribution in [2.24, 2.45) is 0 Å². The van der Waals surface area contributed by atoms with Crippen molar-refractivity contribution in [3.8, 4) is 0 Å². The number of benzene rings is 1. The van der Waals surface area contributed by atoms with Gasteiger partial charge < -0.3 is 5.11 Å². The van der Waals surface area contributed by atoms with Crippen molar-refractivity contribution in [1.82, 2.24) is 0 Å². The van der Waals surface area contributed by atoms with E-state index in [1.165, 1.54) is 11.1 Å². The molecule has 0 saturated heterocycles. The fraction of sp³-hybridized carbons (Fsp3) is 0.385. The molecule has 0 aromatic heterocycles. The summed E-state index contributed by atoms with van der Waals surface area (Å²) in [5.41, 5.74) is 2.65. The van der Waals surface area contributed by atoms with Crippen LogP contribution in [0.25, 0.3) is 6.08 Å². The van der Waals surface area contributed by atoms with Crippen LogP contribution in [0.3, 0.4) is 0 Å². The van der Waals surface area contributed by atoms with Gasteiger partial charge in [0.2, 0.25) is 0 Å². The summed E-state index contributed by atoms with van der Waals surface area (Å²) < 4.78 is 0. The monoisotopic (exact) mass is 190 g/mol. The van der Waals surface area contributed by atoms with Crippen molar-refractivity contribution in [3.63, 3.8) is 0 Å². The lowest BCUT2D eigenvalue weighted by atomic mass is 9.84. The summed E-state index contributed by atoms with van der Waals surface area (Å²) in [5.74, 6) is 0. The molecule has 0 fully saturated rings. The zero-order valence-corrected chi connectivity index (χ0v) is 9.12. The smallest absolute Gasteiger partial charge is 0.0615 e. The van der Waals surface area contributed by atoms with E-state index < -0.39 is 0 Å². The Morgan fingerprint density at radius 3 is 2.43 bits per heavy atom. The Balaban J connectivity index is 3.10. The molecule has 0 atom stereocenters. The summed E-state index contributed by atoms with van der Waals surface area (Å²) in [6.07, 6.45) is 3.74. The second kappa shape index (κ2) is 4.43. The van der Waals surface area contributed by atoms with E-state index in [9.17, 15) is 0 Å². The third-order valence-electron chi connectivity index (χ3n) is 2.17. The van der Waals surface area contributed by atoms with E-state index in [-0.39, 0.29) is 12.0 Å². The lowest BCUT2D eigenvalue weighted by molar-refractivity contribution is 0.343. The normalized spacial score (nSPS) is 12.3. The Hall–Kier alpha value is -1.08. The predicted octanol–water partition coefficient (Wildman–Crippen LogP) is 2.99. The van der Waals surface area contributed by atoms with Crippen molar-refractivity contribution in [2.45, 2.75) is 26.2 Å². The third-order valence-corrected chi connectivity index (χ3v) is 2.17. The van der Waals surface area contributed by atoms with Crippen molar-refractivity contribution < 1.29 is 5.11 Å². The second-order valence-electron chi connectivity index (χ2n) is 4.42. The van der Waals surface area contributed by atoms with Gasteiger partial charge in [0.25, 0.3) is 0 Å². The highest BCUT2D eigenvalue weighted by molar-refractivity contribution is 5.55. The number of hydrogen-bond donors (Lipinski definition) is 1. The van der Waals surface area contributed by atoms with Gasteiger partial charge in [0.15, 0.2) is 0 Å². The Kier molecular flexibility index (Phi) is 3.48. The highest BCUT2D eigenvalue weighted by Gasteiger charge is 2.15. The van der Waals surface area contributed by atoms with E-state index in [2.05, 4.69) is 39.0 Å². The first-order valence-corrected chi connectivity index (χ1v) is 4.92. The van der Waals surface area contributed by atoms with Crippen molar-refractivity contribution >= 4 is 6.08 Å². The molecule has 14 heavy (non-hydrogen) atoms. The minimum Gasteiger partial charge on any atom is -0.392 e. The molecule has 0 radical (unpaired) electrons. The van der Waals surface area contributed by atoms with Crippen LogP contribution in [0.2, 0.25) is 0 Å². The van der Waals surface area contributed by atoms with Gasteiger partial charge in [-0.2, -0.15) is 0 Å². The van der Waals surface area contributed by atoms with E-state index in [1.807, 2.05) is 12.1 Å². The minimum absolute atomic E-state index is 0.0957. The molecule has 1 aromatic carbocycles. The molecule has 1 rings (SSSR count). The van der Waals surface area contributed by atoms with Gasteiger partial charge in [-0.25, -0.2) is 0 Å². The second-order valence-corrected chi connectivity index (χ2v) is 4.42. The van der Waals surface area contributed by atoms with Crippen LogP contribution >= 0.6 is 0 Å². The topological polar surface area (TPSA) is 20.2 Å². The summed E-state index contributed by atoms with van der Waals surface area (Å²) in [5, 5.41) is 8.73. The Labute approximate surface area is 86.1 Å². The standard InChI is InChI=1S/C13H18O/c1-13(2,3)12-9-5-4-7-11(12)8-6-10-14/h4-9,14H,10H2,1-3H3/b8-6+. The van der Waals surface area contributed by atoms with Crippen LogP contribution in [0, 0.1) is 0 Å². The van der Waals surface area contributed by atoms with Gasteiger partial charge in [-0.3, -0.25) is 0 Å². The van der Waals surface area contributed by atoms with Gasteiger partial charge in [-0.1, -0.05) is 57.2 Å². The lowest BCUT2D eigenvalue weighted by Crippen LogP contribution is -2.12. The SMILES string of the molecule is CC(C)(C)c1ccccc1/C=C/CO. The van der Waals surface area contributed by atoms with Gasteiger partial charge in [0, 0.05) is 0 Å². The maximum Gasteiger partial charge on any atom is 0.0615 e. The first kappa shape index (κ1) is 11.0. The average Bonchev–Trinajstić information content (AvgIpc) is 2.14. The molecular weight excluding hydrogens is 172 g/mol. The molecule has 0 bridgehead atoms. The Morgan fingerprint density at radius 1 is 1.21 bits per heavy atom. The van der Waals surface area contributed by atoms with E-state index in [4.69, 9.17) is 5.11 Å². The molecule has 76 valence electrons. The molecule has 0 spiro atoms. The highest BCUT2D eigenvalue weighted by atomic mass is 16.2. The predicted molar refractivity (Wildman–Crippen MR) is 61.3 cm³/mol. The van der Waals surface area contributed by atoms with Gasteiger partial charge >= 0.3 is 0 Å². The van der Waals surface area contributed by atoms with Crippen molar-refractivity contribution in [2.75, 3.05) is 6.61 Å². The maximum absolute atomic E-state index is 8.73. The molecule has 0 heterocycles. The fourth-order valence-corrected chi connectivity index (χ4v) is 1.51. The van der Waals surface area contributed by atoms with Crippen molar-refractivity contribution in [3.05, 3.63) is 41.5 Å². The van der Waals surface area contributed by atoms with E-state index in [1.54, 1.807) is 6.08 Å². The average molecular weight is 190 g/mol. The number of aliphatic hydroxyl groups is 1. The van der Waals surface area contributed by atoms with Crippen molar-refractivity contribution in [1.29, 1.82) is 0 Å². The molecule has 0 aliphatic heterocycles. The van der Waals surface area contributed by atoms with E-state index in [0.717, 1.165) is 0 Å². The van der Waals surface area contributed by atoms with E-state index >= 15 is 0 Å². The molecule has 0 aliphatic rings. The summed E-state index contributed by atoms with van der Waals surface area (Å²) in [6, 6.07) is 8.28. The van der Waals surface area contributed by atoms with Crippen LogP contribution in [0.1, 0.15) is 31.9 Å². The van der Waals surface area contributed by atoms with Gasteiger partial charge in [-0.05, 0) is 16.5 Å². The number of aliphatic hydroxyl groups excluding tert-OH is 1. The number of hydrogen-bond acceptors (Lipinski definition) is 1. The zero-order chi connectivity index (χ0) is 10.6. The van der Waals surface area contributed by atoms with Crippen LogP contribution in [-0.4, -0.2) is 11.7 Å². The third kappa shape index (κ3) is 2.71. The van der Waals surface area contributed by atoms with Gasteiger partial charge in [-0.15, -0.1) is 0 Å². The molecular formula is C13H18O. The Morgan fingerprint density at radius 2 is 1.86 bits per heavy atom. The van der Waals surface area contributed by atoms with Crippen LogP contribution in [0.5, 0.6) is 0 Å². The molecule has 0 saturated carbocycles. The summed E-state index contributed by atoms with van der Waals surface area (Å²) >= 11 is 0. The van der Waals surface area contributed by atoms with Gasteiger partial charge in [0.1, 0.15) is 0 Å². The summed E-state index contributed by atoms with van der Waals surface area (Å²) in [7, 11) is 0. The highest BCUT2D eigenvalue weighted by Crippen LogP contribution is 2.26. The molecule has 0 aliphatic carbocycles. The maximum atomic E-state index is 8.73. The van der Waals surface area contributed by atoms with Crippen LogP contribution < -0.4 is 0 Å². The van der Waals surface area contributed by atoms with Crippen LogP contribution in [-0.2, 0) is 5.41 Å². The number of rotatable bonds is 2. The Bertz CT molecular complexity index is 318. The van der Waals surface area contributed by atoms with E-state index in [0.29, 0.717) is 0 Å². The molecule has 0 amide bonds. The first-order chi connectivity index (χ1) is 6.55. The quantitative estimate of drug-likeness (QED) is 0.760. The van der Waals surface area contributed by atoms with Crippen LogP contribution in [0.4, 0.5) is 0 Å². The fourth-order valence-electron chi connectivity index (χ4n) is 1.51. The summed E-state index contributed by atoms with van der Waals surface area (Å²) in [6.45, 7) is 6.67. The largest absolute Gasteiger partial charge is 0.392 e. The lowest BCUT2D eigenvalue weighted by Gasteiger charge is -2.21. The summed E-state index contributed by atoms with van der Waals surface area (Å²) in [4.78, 5) is 0. The molecule has 1 aromatic rings. The van der Waals surface area contributed by atoms with Crippen LogP contribution in [0.15, 0.2) is 30.3 Å². The molecule has 1 heteroatoms. The molecule has 1 N–H and O–H groups in total. The zero-order valence-electron chi connectivity index (χ0n) is 9.12. The minimum atomic E-state index is 0.0957. The molecule has 0 unspecified atom stereocenters. The van der Waals surface area contributed by atoms with Gasteiger partial charge in [0.05, 0.1) is 6.61 Å². The molecule has 1 nitrogen and oxygen atoms in total.